The number of amides is 1. The number of aromatic amines is 1. The van der Waals surface area contributed by atoms with Gasteiger partial charge in [-0.05, 0) is 22.4 Å². The van der Waals surface area contributed by atoms with Crippen molar-refractivity contribution in [2.24, 2.45) is 0 Å². The van der Waals surface area contributed by atoms with Crippen LogP contribution in [0.2, 0.25) is 0 Å². The van der Waals surface area contributed by atoms with E-state index in [1.165, 1.54) is 0 Å². The number of thiophene rings is 1. The average Bonchev–Trinajstić information content (AvgIpc) is 2.86. The molecule has 0 saturated heterocycles. The highest BCUT2D eigenvalue weighted by atomic mass is 32.1. The fourth-order valence-corrected chi connectivity index (χ4v) is 1.88. The standard InChI is InChI=1S/C10H11N3OS/c14-10(3-8-1-2-15-7-8)11-4-9-5-12-13-6-9/h1-2,5-7H,3-4H2,(H,11,14)(H,12,13). The highest BCUT2D eigenvalue weighted by molar-refractivity contribution is 7.07. The summed E-state index contributed by atoms with van der Waals surface area (Å²) in [6.45, 7) is 0.527. The number of hydrogen-bond donors (Lipinski definition) is 2. The van der Waals surface area contributed by atoms with E-state index >= 15 is 0 Å². The summed E-state index contributed by atoms with van der Waals surface area (Å²) in [5, 5.41) is 13.3. The molecule has 0 radical (unpaired) electrons. The van der Waals surface area contributed by atoms with Gasteiger partial charge in [0.05, 0.1) is 12.6 Å². The second-order valence-electron chi connectivity index (χ2n) is 3.19. The first-order chi connectivity index (χ1) is 7.34. The van der Waals surface area contributed by atoms with E-state index in [4.69, 9.17) is 0 Å². The van der Waals surface area contributed by atoms with Crippen LogP contribution in [0.3, 0.4) is 0 Å². The molecule has 15 heavy (non-hydrogen) atoms. The lowest BCUT2D eigenvalue weighted by Crippen LogP contribution is -2.24. The van der Waals surface area contributed by atoms with Crippen LogP contribution in [0.1, 0.15) is 11.1 Å². The Balaban J connectivity index is 1.78. The van der Waals surface area contributed by atoms with Crippen LogP contribution in [0.15, 0.2) is 29.2 Å². The Morgan fingerprint density at radius 3 is 3.13 bits per heavy atom. The predicted molar refractivity (Wildman–Crippen MR) is 58.5 cm³/mol. The number of hydrogen-bond acceptors (Lipinski definition) is 3. The molecule has 0 aliphatic carbocycles. The van der Waals surface area contributed by atoms with E-state index in [9.17, 15) is 4.79 Å². The van der Waals surface area contributed by atoms with E-state index in [-0.39, 0.29) is 5.91 Å². The molecular weight excluding hydrogens is 210 g/mol. The third-order valence-corrected chi connectivity index (χ3v) is 2.72. The van der Waals surface area contributed by atoms with Gasteiger partial charge in [0.1, 0.15) is 0 Å². The van der Waals surface area contributed by atoms with Crippen molar-refractivity contribution in [1.29, 1.82) is 0 Å². The highest BCUT2D eigenvalue weighted by Gasteiger charge is 2.03. The molecule has 0 saturated carbocycles. The number of aromatic nitrogens is 2. The van der Waals surface area contributed by atoms with Crippen molar-refractivity contribution in [3.05, 3.63) is 40.3 Å². The highest BCUT2D eigenvalue weighted by Crippen LogP contribution is 2.06. The van der Waals surface area contributed by atoms with Crippen molar-refractivity contribution < 1.29 is 4.79 Å². The Morgan fingerprint density at radius 2 is 2.47 bits per heavy atom. The Kier molecular flexibility index (Phi) is 3.14. The maximum absolute atomic E-state index is 11.5. The van der Waals surface area contributed by atoms with Crippen LogP contribution in [0, 0.1) is 0 Å². The first-order valence-corrected chi connectivity index (χ1v) is 5.54. The minimum absolute atomic E-state index is 0.0367. The average molecular weight is 221 g/mol. The molecule has 1 amide bonds. The fourth-order valence-electron chi connectivity index (χ4n) is 1.22. The van der Waals surface area contributed by atoms with Gasteiger partial charge in [0.2, 0.25) is 5.91 Å². The van der Waals surface area contributed by atoms with Gasteiger partial charge in [0, 0.05) is 18.3 Å². The van der Waals surface area contributed by atoms with Crippen LogP contribution in [0.25, 0.3) is 0 Å². The summed E-state index contributed by atoms with van der Waals surface area (Å²) >= 11 is 1.60. The zero-order chi connectivity index (χ0) is 10.5. The first kappa shape index (κ1) is 9.92. The third kappa shape index (κ3) is 2.92. The first-order valence-electron chi connectivity index (χ1n) is 4.60. The summed E-state index contributed by atoms with van der Waals surface area (Å²) in [7, 11) is 0. The lowest BCUT2D eigenvalue weighted by molar-refractivity contribution is -0.120. The fraction of sp³-hybridized carbons (Fsp3) is 0.200. The van der Waals surface area contributed by atoms with Crippen LogP contribution < -0.4 is 5.32 Å². The number of H-pyrrole nitrogens is 1. The molecule has 0 aliphatic heterocycles. The quantitative estimate of drug-likeness (QED) is 0.818. The van der Waals surface area contributed by atoms with Gasteiger partial charge >= 0.3 is 0 Å². The molecule has 0 bridgehead atoms. The van der Waals surface area contributed by atoms with E-state index in [1.54, 1.807) is 23.7 Å². The topological polar surface area (TPSA) is 57.8 Å². The van der Waals surface area contributed by atoms with Crippen molar-refractivity contribution >= 4 is 17.2 Å². The van der Waals surface area contributed by atoms with Crippen molar-refractivity contribution in [1.82, 2.24) is 15.5 Å². The van der Waals surface area contributed by atoms with Gasteiger partial charge in [-0.1, -0.05) is 0 Å². The summed E-state index contributed by atoms with van der Waals surface area (Å²) in [6.07, 6.45) is 3.91. The summed E-state index contributed by atoms with van der Waals surface area (Å²) in [5.41, 5.74) is 2.04. The number of rotatable bonds is 4. The zero-order valence-corrected chi connectivity index (χ0v) is 8.88. The molecule has 78 valence electrons. The Bertz CT molecular complexity index is 408. The molecule has 2 aromatic heterocycles. The Hall–Kier alpha value is -1.62. The largest absolute Gasteiger partial charge is 0.352 e. The molecule has 0 fully saturated rings. The molecule has 0 aromatic carbocycles. The third-order valence-electron chi connectivity index (χ3n) is 1.99. The SMILES string of the molecule is O=C(Cc1ccsc1)NCc1cn[nH]c1. The molecule has 2 N–H and O–H groups in total. The second kappa shape index (κ2) is 4.75. The van der Waals surface area contributed by atoms with E-state index in [2.05, 4.69) is 15.5 Å². The van der Waals surface area contributed by atoms with E-state index < -0.39 is 0 Å². The summed E-state index contributed by atoms with van der Waals surface area (Å²) in [5.74, 6) is 0.0367. The van der Waals surface area contributed by atoms with Crippen LogP contribution in [-0.2, 0) is 17.8 Å². The Labute approximate surface area is 91.3 Å². The van der Waals surface area contributed by atoms with Crippen molar-refractivity contribution in [3.63, 3.8) is 0 Å². The number of nitrogens with zero attached hydrogens (tertiary/aromatic N) is 1. The predicted octanol–water partition coefficient (Wildman–Crippen LogP) is 1.33. The molecular formula is C10H11N3OS. The maximum Gasteiger partial charge on any atom is 0.224 e. The smallest absolute Gasteiger partial charge is 0.224 e. The maximum atomic E-state index is 11.5. The second-order valence-corrected chi connectivity index (χ2v) is 3.97. The molecule has 2 aromatic rings. The Morgan fingerprint density at radius 1 is 1.53 bits per heavy atom. The molecule has 2 heterocycles. The summed E-state index contributed by atoms with van der Waals surface area (Å²) < 4.78 is 0. The van der Waals surface area contributed by atoms with Gasteiger partial charge < -0.3 is 5.32 Å². The van der Waals surface area contributed by atoms with Gasteiger partial charge in [-0.15, -0.1) is 0 Å². The van der Waals surface area contributed by atoms with Crippen LogP contribution >= 0.6 is 11.3 Å². The monoisotopic (exact) mass is 221 g/mol. The number of carbonyl (C=O) groups is 1. The molecule has 2 rings (SSSR count). The van der Waals surface area contributed by atoms with Crippen molar-refractivity contribution in [3.8, 4) is 0 Å². The van der Waals surface area contributed by atoms with Crippen LogP contribution in [0.4, 0.5) is 0 Å². The van der Waals surface area contributed by atoms with Crippen LogP contribution in [-0.4, -0.2) is 16.1 Å². The van der Waals surface area contributed by atoms with E-state index in [0.29, 0.717) is 13.0 Å². The minimum atomic E-state index is 0.0367. The van der Waals surface area contributed by atoms with E-state index in [1.807, 2.05) is 16.8 Å². The van der Waals surface area contributed by atoms with Gasteiger partial charge in [-0.3, -0.25) is 9.89 Å². The van der Waals surface area contributed by atoms with Gasteiger partial charge in [-0.25, -0.2) is 0 Å². The zero-order valence-electron chi connectivity index (χ0n) is 8.06. The van der Waals surface area contributed by atoms with E-state index in [0.717, 1.165) is 11.1 Å². The van der Waals surface area contributed by atoms with Gasteiger partial charge in [-0.2, -0.15) is 16.4 Å². The van der Waals surface area contributed by atoms with Gasteiger partial charge in [0.15, 0.2) is 0 Å². The molecule has 0 spiro atoms. The molecule has 4 nitrogen and oxygen atoms in total. The molecule has 0 unspecified atom stereocenters. The molecule has 0 atom stereocenters. The number of carbonyl (C=O) groups excluding carboxylic acids is 1. The molecule has 5 heteroatoms. The van der Waals surface area contributed by atoms with Crippen LogP contribution in [0.5, 0.6) is 0 Å². The summed E-state index contributed by atoms with van der Waals surface area (Å²) in [4.78, 5) is 11.5. The summed E-state index contributed by atoms with van der Waals surface area (Å²) in [6, 6.07) is 1.96. The lowest BCUT2D eigenvalue weighted by atomic mass is 10.2. The van der Waals surface area contributed by atoms with Crippen molar-refractivity contribution in [2.45, 2.75) is 13.0 Å². The van der Waals surface area contributed by atoms with Crippen molar-refractivity contribution in [2.75, 3.05) is 0 Å². The normalized spacial score (nSPS) is 10.1. The molecule has 0 aliphatic rings. The lowest BCUT2D eigenvalue weighted by Gasteiger charge is -2.01. The van der Waals surface area contributed by atoms with Gasteiger partial charge in [0.25, 0.3) is 0 Å². The minimum Gasteiger partial charge on any atom is -0.352 e. The number of nitrogens with one attached hydrogen (secondary N) is 2.